The van der Waals surface area contributed by atoms with Crippen molar-refractivity contribution in [2.24, 2.45) is 0 Å². The highest BCUT2D eigenvalue weighted by Crippen LogP contribution is 2.46. The van der Waals surface area contributed by atoms with E-state index in [2.05, 4.69) is 108 Å². The van der Waals surface area contributed by atoms with Crippen molar-refractivity contribution in [2.45, 2.75) is 96.6 Å². The Bertz CT molecular complexity index is 1390. The van der Waals surface area contributed by atoms with Gasteiger partial charge in [-0.25, -0.2) is 4.79 Å². The number of rotatable bonds is 6. The third kappa shape index (κ3) is 4.58. The van der Waals surface area contributed by atoms with Gasteiger partial charge in [-0.05, 0) is 87.1 Å². The van der Waals surface area contributed by atoms with Gasteiger partial charge >= 0.3 is 6.09 Å². The summed E-state index contributed by atoms with van der Waals surface area (Å²) in [5.41, 5.74) is 12.2. The van der Waals surface area contributed by atoms with Crippen LogP contribution in [0, 0.1) is 0 Å². The summed E-state index contributed by atoms with van der Waals surface area (Å²) in [6.07, 6.45) is 5.19. The fourth-order valence-corrected chi connectivity index (χ4v) is 7.30. The van der Waals surface area contributed by atoms with Crippen LogP contribution in [0.15, 0.2) is 66.7 Å². The summed E-state index contributed by atoms with van der Waals surface area (Å²) >= 11 is 0. The van der Waals surface area contributed by atoms with Crippen LogP contribution < -0.4 is 0 Å². The van der Waals surface area contributed by atoms with Gasteiger partial charge in [0.15, 0.2) is 0 Å². The Morgan fingerprint density at radius 1 is 0.825 bits per heavy atom. The average Bonchev–Trinajstić information content (AvgIpc) is 3.41. The minimum atomic E-state index is -0.159. The standard InChI is InChI=1S/C37H43NO2/c1-22(2)25-19-33(23(3)4)36(34(20-25)24(5)6)26-17-27-15-16-28(18-26)38(27)37(39)40-21-35-31-13-9-7-11-29(31)30-12-8-10-14-32(30)35/h7-14,17,19-20,22-24,27-28,35H,15-16,18,21H2,1-6H3. The van der Waals surface area contributed by atoms with Gasteiger partial charge in [0.25, 0.3) is 0 Å². The van der Waals surface area contributed by atoms with E-state index in [1.807, 2.05) is 4.90 Å². The minimum absolute atomic E-state index is 0.0894. The lowest BCUT2D eigenvalue weighted by Gasteiger charge is -2.35. The molecular formula is C37H43NO2. The molecule has 40 heavy (non-hydrogen) atoms. The zero-order valence-corrected chi connectivity index (χ0v) is 24.9. The first-order valence-corrected chi connectivity index (χ1v) is 15.3. The second-order valence-corrected chi connectivity index (χ2v) is 12.9. The molecule has 2 heterocycles. The number of carbonyl (C=O) groups is 1. The number of hydrogen-bond acceptors (Lipinski definition) is 2. The fraction of sp³-hybridized carbons (Fsp3) is 0.432. The molecule has 0 saturated carbocycles. The molecule has 3 aromatic carbocycles. The highest BCUT2D eigenvalue weighted by Gasteiger charge is 2.42. The van der Waals surface area contributed by atoms with Crippen LogP contribution in [0.3, 0.4) is 0 Å². The molecule has 0 N–H and O–H groups in total. The summed E-state index contributed by atoms with van der Waals surface area (Å²) in [4.78, 5) is 15.7. The van der Waals surface area contributed by atoms with Gasteiger partial charge in [-0.15, -0.1) is 0 Å². The van der Waals surface area contributed by atoms with Gasteiger partial charge in [0, 0.05) is 12.0 Å². The highest BCUT2D eigenvalue weighted by molar-refractivity contribution is 5.80. The molecule has 2 bridgehead atoms. The summed E-state index contributed by atoms with van der Waals surface area (Å²) < 4.78 is 6.12. The van der Waals surface area contributed by atoms with Crippen LogP contribution in [0.2, 0.25) is 0 Å². The molecule has 3 aromatic rings. The summed E-state index contributed by atoms with van der Waals surface area (Å²) in [6.45, 7) is 14.2. The highest BCUT2D eigenvalue weighted by atomic mass is 16.6. The molecule has 1 saturated heterocycles. The van der Waals surface area contributed by atoms with Gasteiger partial charge in [0.05, 0.1) is 6.04 Å². The van der Waals surface area contributed by atoms with Gasteiger partial charge in [0.2, 0.25) is 0 Å². The summed E-state index contributed by atoms with van der Waals surface area (Å²) in [5.74, 6) is 1.49. The molecule has 3 nitrogen and oxygen atoms in total. The van der Waals surface area contributed by atoms with E-state index >= 15 is 0 Å². The fourth-order valence-electron chi connectivity index (χ4n) is 7.30. The van der Waals surface area contributed by atoms with Crippen molar-refractivity contribution in [1.82, 2.24) is 4.90 Å². The van der Waals surface area contributed by atoms with E-state index in [4.69, 9.17) is 4.74 Å². The summed E-state index contributed by atoms with van der Waals surface area (Å²) in [7, 11) is 0. The van der Waals surface area contributed by atoms with Crippen LogP contribution >= 0.6 is 0 Å². The van der Waals surface area contributed by atoms with Gasteiger partial charge in [-0.1, -0.05) is 108 Å². The zero-order valence-electron chi connectivity index (χ0n) is 24.9. The van der Waals surface area contributed by atoms with Crippen LogP contribution in [0.25, 0.3) is 16.7 Å². The maximum Gasteiger partial charge on any atom is 0.410 e. The molecule has 1 fully saturated rings. The third-order valence-electron chi connectivity index (χ3n) is 9.40. The number of hydrogen-bond donors (Lipinski definition) is 0. The normalized spacial score (nSPS) is 19.8. The maximum absolute atomic E-state index is 13.6. The van der Waals surface area contributed by atoms with Crippen molar-refractivity contribution in [3.8, 4) is 11.1 Å². The first kappa shape index (κ1) is 26.9. The smallest absolute Gasteiger partial charge is 0.410 e. The molecule has 3 heteroatoms. The lowest BCUT2D eigenvalue weighted by Crippen LogP contribution is -2.43. The van der Waals surface area contributed by atoms with Crippen molar-refractivity contribution < 1.29 is 9.53 Å². The molecule has 2 unspecified atom stereocenters. The molecule has 0 aromatic heterocycles. The molecular weight excluding hydrogens is 490 g/mol. The molecule has 2 atom stereocenters. The minimum Gasteiger partial charge on any atom is -0.448 e. The number of amides is 1. The number of ether oxygens (including phenoxy) is 1. The molecule has 0 spiro atoms. The Labute approximate surface area is 240 Å². The molecule has 3 aliphatic rings. The van der Waals surface area contributed by atoms with Crippen LogP contribution in [0.1, 0.15) is 118 Å². The molecule has 0 radical (unpaired) electrons. The van der Waals surface area contributed by atoms with E-state index in [0.29, 0.717) is 24.4 Å². The second-order valence-electron chi connectivity index (χ2n) is 12.9. The Kier molecular flexibility index (Phi) is 7.10. The van der Waals surface area contributed by atoms with E-state index < -0.39 is 0 Å². The Morgan fingerprint density at radius 2 is 1.40 bits per heavy atom. The van der Waals surface area contributed by atoms with Crippen LogP contribution in [0.4, 0.5) is 4.79 Å². The molecule has 2 aliphatic heterocycles. The van der Waals surface area contributed by atoms with E-state index in [9.17, 15) is 4.79 Å². The van der Waals surface area contributed by atoms with Crippen LogP contribution in [-0.4, -0.2) is 29.7 Å². The van der Waals surface area contributed by atoms with Crippen molar-refractivity contribution >= 4 is 11.7 Å². The van der Waals surface area contributed by atoms with E-state index in [1.54, 1.807) is 0 Å². The van der Waals surface area contributed by atoms with E-state index in [-0.39, 0.29) is 24.1 Å². The average molecular weight is 534 g/mol. The lowest BCUT2D eigenvalue weighted by atomic mass is 9.79. The quantitative estimate of drug-likeness (QED) is 0.316. The van der Waals surface area contributed by atoms with Gasteiger partial charge < -0.3 is 4.74 Å². The number of carbonyl (C=O) groups excluding carboxylic acids is 1. The second kappa shape index (κ2) is 10.6. The first-order chi connectivity index (χ1) is 19.2. The molecule has 1 amide bonds. The topological polar surface area (TPSA) is 29.5 Å². The predicted octanol–water partition coefficient (Wildman–Crippen LogP) is 9.63. The van der Waals surface area contributed by atoms with Crippen molar-refractivity contribution in [3.05, 3.63) is 100 Å². The Balaban J connectivity index is 1.26. The van der Waals surface area contributed by atoms with Gasteiger partial charge in [0.1, 0.15) is 6.61 Å². The zero-order chi connectivity index (χ0) is 28.1. The SMILES string of the molecule is CC(C)c1cc(C(C)C)c(C2=CC3CCC(C2)N3C(=O)OCC2c3ccccc3-c3ccccc32)c(C(C)C)c1. The number of fused-ring (bicyclic) bond motifs is 5. The van der Waals surface area contributed by atoms with E-state index in [0.717, 1.165) is 19.3 Å². The van der Waals surface area contributed by atoms with Crippen LogP contribution in [-0.2, 0) is 4.74 Å². The number of benzene rings is 3. The molecule has 208 valence electrons. The Hall–Kier alpha value is -3.33. The van der Waals surface area contributed by atoms with Gasteiger partial charge in [-0.3, -0.25) is 4.90 Å². The Morgan fingerprint density at radius 3 is 1.93 bits per heavy atom. The van der Waals surface area contributed by atoms with Crippen molar-refractivity contribution in [3.63, 3.8) is 0 Å². The predicted molar refractivity (Wildman–Crippen MR) is 165 cm³/mol. The summed E-state index contributed by atoms with van der Waals surface area (Å²) in [5, 5.41) is 0. The molecule has 1 aliphatic carbocycles. The number of nitrogens with zero attached hydrogens (tertiary/aromatic N) is 1. The van der Waals surface area contributed by atoms with Crippen molar-refractivity contribution in [2.75, 3.05) is 6.61 Å². The van der Waals surface area contributed by atoms with Gasteiger partial charge in [-0.2, -0.15) is 0 Å². The van der Waals surface area contributed by atoms with Crippen LogP contribution in [0.5, 0.6) is 0 Å². The first-order valence-electron chi connectivity index (χ1n) is 15.3. The third-order valence-corrected chi connectivity index (χ3v) is 9.40. The molecule has 6 rings (SSSR count). The lowest BCUT2D eigenvalue weighted by molar-refractivity contribution is 0.0866. The monoisotopic (exact) mass is 533 g/mol. The maximum atomic E-state index is 13.6. The largest absolute Gasteiger partial charge is 0.448 e. The van der Waals surface area contributed by atoms with Crippen molar-refractivity contribution in [1.29, 1.82) is 0 Å². The van der Waals surface area contributed by atoms with E-state index in [1.165, 1.54) is 50.1 Å². The summed E-state index contributed by atoms with van der Waals surface area (Å²) in [6, 6.07) is 22.2.